The molecule has 0 saturated heterocycles. The minimum atomic E-state index is 0.0816. The quantitative estimate of drug-likeness (QED) is 0.886. The molecule has 1 N–H and O–H groups in total. The molecule has 104 valence electrons. The summed E-state index contributed by atoms with van der Waals surface area (Å²) in [5.74, 6) is 0.477. The highest BCUT2D eigenvalue weighted by Gasteiger charge is 2.11. The van der Waals surface area contributed by atoms with Crippen molar-refractivity contribution >= 4 is 10.8 Å². The maximum atomic E-state index is 9.07. The fraction of sp³-hybridized carbons (Fsp3) is 0.389. The van der Waals surface area contributed by atoms with Gasteiger partial charge in [-0.15, -0.1) is 0 Å². The summed E-state index contributed by atoms with van der Waals surface area (Å²) in [5.41, 5.74) is 2.55. The lowest BCUT2D eigenvalue weighted by molar-refractivity contribution is 0.442. The fourth-order valence-corrected chi connectivity index (χ4v) is 2.33. The third kappa shape index (κ3) is 3.59. The zero-order valence-corrected chi connectivity index (χ0v) is 12.5. The van der Waals surface area contributed by atoms with E-state index in [2.05, 4.69) is 68.6 Å². The van der Waals surface area contributed by atoms with E-state index in [0.29, 0.717) is 5.92 Å². The molecule has 20 heavy (non-hydrogen) atoms. The van der Waals surface area contributed by atoms with Crippen LogP contribution in [-0.4, -0.2) is 6.54 Å². The summed E-state index contributed by atoms with van der Waals surface area (Å²) >= 11 is 0. The Labute approximate surface area is 121 Å². The smallest absolute Gasteiger partial charge is 0.0671 e. The number of rotatable bonds is 5. The highest BCUT2D eigenvalue weighted by Crippen LogP contribution is 2.17. The Balaban J connectivity index is 2.00. The van der Waals surface area contributed by atoms with Gasteiger partial charge in [0.05, 0.1) is 12.0 Å². The van der Waals surface area contributed by atoms with Crippen LogP contribution in [0.3, 0.4) is 0 Å². The van der Waals surface area contributed by atoms with E-state index in [1.165, 1.54) is 21.9 Å². The summed E-state index contributed by atoms with van der Waals surface area (Å²) in [6, 6.07) is 15.4. The Morgan fingerprint density at radius 1 is 1.10 bits per heavy atom. The molecule has 0 fully saturated rings. The van der Waals surface area contributed by atoms with Crippen molar-refractivity contribution in [1.29, 1.82) is 5.26 Å². The molecule has 0 radical (unpaired) electrons. The van der Waals surface area contributed by atoms with Crippen LogP contribution in [0.5, 0.6) is 0 Å². The van der Waals surface area contributed by atoms with Crippen LogP contribution in [0, 0.1) is 30.1 Å². The van der Waals surface area contributed by atoms with Crippen molar-refractivity contribution in [3.8, 4) is 6.07 Å². The lowest BCUT2D eigenvalue weighted by Gasteiger charge is -2.14. The largest absolute Gasteiger partial charge is 0.311 e. The van der Waals surface area contributed by atoms with E-state index in [1.807, 2.05) is 0 Å². The lowest BCUT2D eigenvalue weighted by Crippen LogP contribution is -2.24. The molecule has 0 aromatic heterocycles. The van der Waals surface area contributed by atoms with Crippen LogP contribution in [-0.2, 0) is 6.54 Å². The first-order chi connectivity index (χ1) is 9.60. The van der Waals surface area contributed by atoms with Gasteiger partial charge in [0, 0.05) is 13.1 Å². The van der Waals surface area contributed by atoms with Crippen molar-refractivity contribution in [3.05, 3.63) is 47.5 Å². The number of benzene rings is 2. The molecule has 2 aromatic rings. The summed E-state index contributed by atoms with van der Waals surface area (Å²) in [4.78, 5) is 0. The number of nitrogens with one attached hydrogen (secondary N) is 1. The summed E-state index contributed by atoms with van der Waals surface area (Å²) in [6.45, 7) is 7.86. The second kappa shape index (κ2) is 6.54. The van der Waals surface area contributed by atoms with Gasteiger partial charge >= 0.3 is 0 Å². The second-order valence-electron chi connectivity index (χ2n) is 5.80. The number of hydrogen-bond donors (Lipinski definition) is 1. The fourth-order valence-electron chi connectivity index (χ4n) is 2.33. The van der Waals surface area contributed by atoms with Gasteiger partial charge in [-0.25, -0.2) is 0 Å². The molecule has 0 aliphatic rings. The first kappa shape index (κ1) is 14.6. The minimum Gasteiger partial charge on any atom is -0.311 e. The molecule has 2 rings (SSSR count). The third-order valence-electron chi connectivity index (χ3n) is 3.72. The van der Waals surface area contributed by atoms with Gasteiger partial charge in [0.1, 0.15) is 0 Å². The summed E-state index contributed by atoms with van der Waals surface area (Å²) in [5, 5.41) is 15.0. The van der Waals surface area contributed by atoms with Crippen molar-refractivity contribution in [3.63, 3.8) is 0 Å². The van der Waals surface area contributed by atoms with Crippen LogP contribution in [0.2, 0.25) is 0 Å². The topological polar surface area (TPSA) is 35.8 Å². The first-order valence-corrected chi connectivity index (χ1v) is 7.20. The van der Waals surface area contributed by atoms with Crippen LogP contribution in [0.4, 0.5) is 0 Å². The van der Waals surface area contributed by atoms with Gasteiger partial charge in [-0.05, 0) is 35.2 Å². The predicted octanol–water partition coefficient (Wildman–Crippen LogP) is 4.03. The summed E-state index contributed by atoms with van der Waals surface area (Å²) in [6.07, 6.45) is 0. The van der Waals surface area contributed by atoms with E-state index in [0.717, 1.165) is 13.1 Å². The molecule has 0 bridgehead atoms. The van der Waals surface area contributed by atoms with Crippen molar-refractivity contribution in [1.82, 2.24) is 5.32 Å². The molecule has 1 unspecified atom stereocenters. The second-order valence-corrected chi connectivity index (χ2v) is 5.80. The lowest BCUT2D eigenvalue weighted by atomic mass is 9.97. The van der Waals surface area contributed by atoms with Gasteiger partial charge < -0.3 is 5.32 Å². The van der Waals surface area contributed by atoms with Crippen molar-refractivity contribution in [2.75, 3.05) is 6.54 Å². The van der Waals surface area contributed by atoms with Crippen LogP contribution >= 0.6 is 0 Å². The molecule has 0 saturated carbocycles. The van der Waals surface area contributed by atoms with Gasteiger partial charge in [-0.2, -0.15) is 5.26 Å². The van der Waals surface area contributed by atoms with E-state index in [4.69, 9.17) is 5.26 Å². The number of fused-ring (bicyclic) bond motifs is 1. The van der Waals surface area contributed by atoms with Gasteiger partial charge in [-0.1, -0.05) is 49.7 Å². The van der Waals surface area contributed by atoms with Crippen molar-refractivity contribution < 1.29 is 0 Å². The first-order valence-electron chi connectivity index (χ1n) is 7.20. The van der Waals surface area contributed by atoms with Crippen LogP contribution in [0.1, 0.15) is 25.0 Å². The van der Waals surface area contributed by atoms with E-state index in [9.17, 15) is 0 Å². The van der Waals surface area contributed by atoms with Crippen LogP contribution in [0.25, 0.3) is 10.8 Å². The molecule has 0 heterocycles. The SMILES string of the molecule is Cc1ccc2cc(CNCC(C#N)C(C)C)ccc2c1. The van der Waals surface area contributed by atoms with Crippen molar-refractivity contribution in [2.24, 2.45) is 11.8 Å². The Morgan fingerprint density at radius 3 is 2.50 bits per heavy atom. The van der Waals surface area contributed by atoms with E-state index in [-0.39, 0.29) is 5.92 Å². The highest BCUT2D eigenvalue weighted by atomic mass is 14.9. The number of hydrogen-bond acceptors (Lipinski definition) is 2. The van der Waals surface area contributed by atoms with Gasteiger partial charge in [-0.3, -0.25) is 0 Å². The molecule has 0 aliphatic carbocycles. The highest BCUT2D eigenvalue weighted by molar-refractivity contribution is 5.83. The maximum Gasteiger partial charge on any atom is 0.0671 e. The van der Waals surface area contributed by atoms with Crippen LogP contribution in [0.15, 0.2) is 36.4 Å². The van der Waals surface area contributed by atoms with Gasteiger partial charge in [0.25, 0.3) is 0 Å². The Morgan fingerprint density at radius 2 is 1.80 bits per heavy atom. The molecular weight excluding hydrogens is 244 g/mol. The normalized spacial score (nSPS) is 12.6. The molecule has 0 aliphatic heterocycles. The van der Waals surface area contributed by atoms with Crippen molar-refractivity contribution in [2.45, 2.75) is 27.3 Å². The zero-order valence-electron chi connectivity index (χ0n) is 12.5. The van der Waals surface area contributed by atoms with E-state index in [1.54, 1.807) is 0 Å². The number of nitrogens with zero attached hydrogens (tertiary/aromatic N) is 1. The summed E-state index contributed by atoms with van der Waals surface area (Å²) in [7, 11) is 0. The van der Waals surface area contributed by atoms with E-state index >= 15 is 0 Å². The molecule has 2 heteroatoms. The summed E-state index contributed by atoms with van der Waals surface area (Å²) < 4.78 is 0. The number of nitriles is 1. The Hall–Kier alpha value is -1.85. The molecule has 0 spiro atoms. The standard InChI is InChI=1S/C18H22N2/c1-13(2)18(10-19)12-20-11-15-5-7-16-8-14(3)4-6-17(16)9-15/h4-9,13,18,20H,11-12H2,1-3H3. The van der Waals surface area contributed by atoms with E-state index < -0.39 is 0 Å². The monoisotopic (exact) mass is 266 g/mol. The molecular formula is C18H22N2. The average Bonchev–Trinajstić information content (AvgIpc) is 2.43. The molecule has 0 amide bonds. The Kier molecular flexibility index (Phi) is 4.76. The minimum absolute atomic E-state index is 0.0816. The Bertz CT molecular complexity index is 623. The van der Waals surface area contributed by atoms with Crippen LogP contribution < -0.4 is 5.32 Å². The third-order valence-corrected chi connectivity index (χ3v) is 3.72. The zero-order chi connectivity index (χ0) is 14.5. The predicted molar refractivity (Wildman–Crippen MR) is 84.3 cm³/mol. The molecule has 2 nitrogen and oxygen atoms in total. The van der Waals surface area contributed by atoms with Gasteiger partial charge in [0.2, 0.25) is 0 Å². The molecule has 1 atom stereocenters. The average molecular weight is 266 g/mol. The van der Waals surface area contributed by atoms with Gasteiger partial charge in [0.15, 0.2) is 0 Å². The molecule has 2 aromatic carbocycles. The maximum absolute atomic E-state index is 9.07. The number of aryl methyl sites for hydroxylation is 1.